The molecule has 0 saturated heterocycles. The summed E-state index contributed by atoms with van der Waals surface area (Å²) >= 11 is 0. The Labute approximate surface area is 103 Å². The Balaban J connectivity index is 2.49. The fourth-order valence-corrected chi connectivity index (χ4v) is 1.87. The van der Waals surface area contributed by atoms with E-state index in [2.05, 4.69) is 0 Å². The largest absolute Gasteiger partial charge is 0.497 e. The van der Waals surface area contributed by atoms with Gasteiger partial charge in [-0.25, -0.2) is 0 Å². The normalized spacial score (nSPS) is 13.4. The monoisotopic (exact) mass is 258 g/mol. The van der Waals surface area contributed by atoms with E-state index >= 15 is 0 Å². The second kappa shape index (κ2) is 6.02. The number of hydrogen-bond acceptors (Lipinski definition) is 4. The van der Waals surface area contributed by atoms with Crippen LogP contribution in [-0.4, -0.2) is 28.4 Å². The Kier molecular flexibility index (Phi) is 4.96. The molecular formula is C12H18O4S. The third-order valence-electron chi connectivity index (χ3n) is 2.53. The maximum Gasteiger partial charge on any atom is 0.264 e. The lowest BCUT2D eigenvalue weighted by molar-refractivity contribution is 0.306. The molecule has 4 nitrogen and oxygen atoms in total. The van der Waals surface area contributed by atoms with Gasteiger partial charge in [-0.05, 0) is 30.0 Å². The predicted octanol–water partition coefficient (Wildman–Crippen LogP) is 2.17. The maximum atomic E-state index is 10.8. The van der Waals surface area contributed by atoms with Gasteiger partial charge in [0.1, 0.15) is 5.75 Å². The van der Waals surface area contributed by atoms with Crippen molar-refractivity contribution in [2.75, 3.05) is 20.0 Å². The van der Waals surface area contributed by atoms with Crippen molar-refractivity contribution in [1.29, 1.82) is 0 Å². The molecule has 0 amide bonds. The van der Waals surface area contributed by atoms with E-state index in [1.54, 1.807) is 7.11 Å². The second-order valence-corrected chi connectivity index (χ2v) is 5.63. The van der Waals surface area contributed by atoms with E-state index in [1.807, 2.05) is 31.2 Å². The lowest BCUT2D eigenvalue weighted by Gasteiger charge is -2.11. The lowest BCUT2D eigenvalue weighted by atomic mass is 9.98. The summed E-state index contributed by atoms with van der Waals surface area (Å²) in [7, 11) is -1.71. The molecule has 0 N–H and O–H groups in total. The molecule has 0 aliphatic carbocycles. The Bertz CT molecular complexity index is 436. The Morgan fingerprint density at radius 3 is 2.29 bits per heavy atom. The highest BCUT2D eigenvalue weighted by atomic mass is 32.2. The maximum absolute atomic E-state index is 10.8. The van der Waals surface area contributed by atoms with Crippen molar-refractivity contribution in [3.63, 3.8) is 0 Å². The molecule has 0 spiro atoms. The molecule has 0 fully saturated rings. The minimum Gasteiger partial charge on any atom is -0.497 e. The van der Waals surface area contributed by atoms with Crippen molar-refractivity contribution >= 4 is 10.1 Å². The molecule has 1 rings (SSSR count). The highest BCUT2D eigenvalue weighted by Crippen LogP contribution is 2.21. The van der Waals surface area contributed by atoms with Gasteiger partial charge in [0.15, 0.2) is 0 Å². The molecule has 0 heterocycles. The van der Waals surface area contributed by atoms with Crippen LogP contribution in [0.4, 0.5) is 0 Å². The van der Waals surface area contributed by atoms with Gasteiger partial charge in [0.05, 0.1) is 20.0 Å². The number of ether oxygens (including phenoxy) is 1. The molecule has 1 aromatic rings. The van der Waals surface area contributed by atoms with Gasteiger partial charge in [-0.3, -0.25) is 4.18 Å². The summed E-state index contributed by atoms with van der Waals surface area (Å²) in [5.74, 6) is 1.07. The Morgan fingerprint density at radius 1 is 1.24 bits per heavy atom. The van der Waals surface area contributed by atoms with E-state index in [9.17, 15) is 8.42 Å². The van der Waals surface area contributed by atoms with Crippen LogP contribution in [0.15, 0.2) is 24.3 Å². The molecule has 1 atom stereocenters. The summed E-state index contributed by atoms with van der Waals surface area (Å²) in [6.07, 6.45) is 1.73. The SMILES string of the molecule is COc1ccc(C(C)CCOS(C)(=O)=O)cc1. The molecule has 0 aromatic heterocycles. The molecule has 0 aliphatic rings. The summed E-state index contributed by atoms with van der Waals surface area (Å²) in [5.41, 5.74) is 1.14. The number of benzene rings is 1. The molecule has 0 bridgehead atoms. The highest BCUT2D eigenvalue weighted by molar-refractivity contribution is 7.85. The molecule has 1 aromatic carbocycles. The van der Waals surface area contributed by atoms with Crippen LogP contribution in [0.25, 0.3) is 0 Å². The van der Waals surface area contributed by atoms with E-state index in [4.69, 9.17) is 8.92 Å². The van der Waals surface area contributed by atoms with E-state index in [0.29, 0.717) is 6.42 Å². The summed E-state index contributed by atoms with van der Waals surface area (Å²) in [6.45, 7) is 2.25. The zero-order chi connectivity index (χ0) is 12.9. The average Bonchev–Trinajstić information content (AvgIpc) is 2.27. The molecular weight excluding hydrogens is 240 g/mol. The summed E-state index contributed by atoms with van der Waals surface area (Å²) in [5, 5.41) is 0. The van der Waals surface area contributed by atoms with Crippen molar-refractivity contribution in [3.05, 3.63) is 29.8 Å². The average molecular weight is 258 g/mol. The van der Waals surface area contributed by atoms with Crippen LogP contribution in [0, 0.1) is 0 Å². The molecule has 0 aliphatic heterocycles. The van der Waals surface area contributed by atoms with Gasteiger partial charge in [0, 0.05) is 0 Å². The first-order valence-corrected chi connectivity index (χ1v) is 7.22. The standard InChI is InChI=1S/C12H18O4S/c1-10(8-9-16-17(3,13)14)11-4-6-12(15-2)7-5-11/h4-7,10H,8-9H2,1-3H3. The van der Waals surface area contributed by atoms with Crippen LogP contribution >= 0.6 is 0 Å². The van der Waals surface area contributed by atoms with Gasteiger partial charge in [0.2, 0.25) is 0 Å². The van der Waals surface area contributed by atoms with Gasteiger partial charge in [-0.1, -0.05) is 19.1 Å². The van der Waals surface area contributed by atoms with Gasteiger partial charge in [-0.2, -0.15) is 8.42 Å². The molecule has 96 valence electrons. The topological polar surface area (TPSA) is 52.6 Å². The van der Waals surface area contributed by atoms with Crippen molar-refractivity contribution in [1.82, 2.24) is 0 Å². The quantitative estimate of drug-likeness (QED) is 0.734. The first-order chi connectivity index (χ1) is 7.92. The van der Waals surface area contributed by atoms with Crippen LogP contribution in [0.3, 0.4) is 0 Å². The third-order valence-corrected chi connectivity index (χ3v) is 3.13. The minimum absolute atomic E-state index is 0.214. The van der Waals surface area contributed by atoms with Crippen molar-refractivity contribution in [2.24, 2.45) is 0 Å². The highest BCUT2D eigenvalue weighted by Gasteiger charge is 2.08. The smallest absolute Gasteiger partial charge is 0.264 e. The fourth-order valence-electron chi connectivity index (χ4n) is 1.48. The zero-order valence-electron chi connectivity index (χ0n) is 10.3. The Morgan fingerprint density at radius 2 is 1.82 bits per heavy atom. The third kappa shape index (κ3) is 5.19. The van der Waals surface area contributed by atoms with Crippen LogP contribution in [0.2, 0.25) is 0 Å². The summed E-state index contributed by atoms with van der Waals surface area (Å²) in [6, 6.07) is 7.74. The summed E-state index contributed by atoms with van der Waals surface area (Å²) in [4.78, 5) is 0. The fraction of sp³-hybridized carbons (Fsp3) is 0.500. The van der Waals surface area contributed by atoms with Gasteiger partial charge < -0.3 is 4.74 Å². The van der Waals surface area contributed by atoms with Crippen molar-refractivity contribution in [3.8, 4) is 5.75 Å². The predicted molar refractivity (Wildman–Crippen MR) is 66.8 cm³/mol. The number of rotatable bonds is 6. The molecule has 17 heavy (non-hydrogen) atoms. The lowest BCUT2D eigenvalue weighted by Crippen LogP contribution is -2.06. The van der Waals surface area contributed by atoms with Crippen LogP contribution in [-0.2, 0) is 14.3 Å². The van der Waals surface area contributed by atoms with Crippen molar-refractivity contribution < 1.29 is 17.3 Å². The second-order valence-electron chi connectivity index (χ2n) is 3.99. The molecule has 0 radical (unpaired) electrons. The van der Waals surface area contributed by atoms with Crippen LogP contribution in [0.1, 0.15) is 24.8 Å². The van der Waals surface area contributed by atoms with E-state index in [-0.39, 0.29) is 12.5 Å². The van der Waals surface area contributed by atoms with E-state index in [1.165, 1.54) is 0 Å². The van der Waals surface area contributed by atoms with Gasteiger partial charge in [-0.15, -0.1) is 0 Å². The van der Waals surface area contributed by atoms with Crippen molar-refractivity contribution in [2.45, 2.75) is 19.3 Å². The molecule has 5 heteroatoms. The number of methoxy groups -OCH3 is 1. The first kappa shape index (κ1) is 14.0. The van der Waals surface area contributed by atoms with Gasteiger partial charge >= 0.3 is 0 Å². The van der Waals surface area contributed by atoms with Gasteiger partial charge in [0.25, 0.3) is 10.1 Å². The van der Waals surface area contributed by atoms with E-state index < -0.39 is 10.1 Å². The van der Waals surface area contributed by atoms with E-state index in [0.717, 1.165) is 17.6 Å². The Hall–Kier alpha value is -1.07. The first-order valence-electron chi connectivity index (χ1n) is 5.40. The minimum atomic E-state index is -3.33. The van der Waals surface area contributed by atoms with Crippen LogP contribution < -0.4 is 4.74 Å². The van der Waals surface area contributed by atoms with Crippen LogP contribution in [0.5, 0.6) is 5.75 Å². The molecule has 1 unspecified atom stereocenters. The molecule has 0 saturated carbocycles. The summed E-state index contributed by atoms with van der Waals surface area (Å²) < 4.78 is 31.4. The number of hydrogen-bond donors (Lipinski definition) is 0. The zero-order valence-corrected chi connectivity index (χ0v) is 11.2.